The van der Waals surface area contributed by atoms with Crippen LogP contribution >= 0.6 is 0 Å². The van der Waals surface area contributed by atoms with Crippen LogP contribution in [-0.2, 0) is 20.8 Å². The Labute approximate surface area is 151 Å². The summed E-state index contributed by atoms with van der Waals surface area (Å²) < 4.78 is 17.8. The molecule has 3 aliphatic rings. The minimum Gasteiger partial charge on any atom is -0.381 e. The number of benzene rings is 1. The van der Waals surface area contributed by atoms with E-state index in [2.05, 4.69) is 29.2 Å². The Bertz CT molecular complexity index is 521. The molecular weight excluding hydrogens is 314 g/mol. The third-order valence-electron chi connectivity index (χ3n) is 6.13. The Hall–Kier alpha value is -0.940. The third-order valence-corrected chi connectivity index (χ3v) is 6.13. The molecular formula is C21H31NO3. The van der Waals surface area contributed by atoms with E-state index < -0.39 is 0 Å². The molecule has 4 heteroatoms. The van der Waals surface area contributed by atoms with E-state index >= 15 is 0 Å². The maximum Gasteiger partial charge on any atom is 0.0840 e. The molecule has 1 unspecified atom stereocenters. The molecule has 138 valence electrons. The zero-order chi connectivity index (χ0) is 17.0. The van der Waals surface area contributed by atoms with E-state index in [1.54, 1.807) is 0 Å². The van der Waals surface area contributed by atoms with Gasteiger partial charge in [-0.15, -0.1) is 0 Å². The van der Waals surface area contributed by atoms with Crippen molar-refractivity contribution in [2.45, 2.75) is 50.4 Å². The highest BCUT2D eigenvalue weighted by Gasteiger charge is 2.43. The second-order valence-corrected chi connectivity index (χ2v) is 7.97. The fraction of sp³-hybridized carbons (Fsp3) is 0.714. The molecule has 1 aromatic carbocycles. The maximum absolute atomic E-state index is 6.25. The molecule has 0 aliphatic carbocycles. The lowest BCUT2D eigenvalue weighted by molar-refractivity contribution is -0.0503. The monoisotopic (exact) mass is 345 g/mol. The van der Waals surface area contributed by atoms with Gasteiger partial charge in [0, 0.05) is 39.3 Å². The first-order valence-electron chi connectivity index (χ1n) is 9.91. The highest BCUT2D eigenvalue weighted by molar-refractivity contribution is 5.13. The largest absolute Gasteiger partial charge is 0.381 e. The lowest BCUT2D eigenvalue weighted by Crippen LogP contribution is -2.46. The van der Waals surface area contributed by atoms with Crippen molar-refractivity contribution in [1.29, 1.82) is 0 Å². The second kappa shape index (κ2) is 8.17. The summed E-state index contributed by atoms with van der Waals surface area (Å²) in [6.07, 6.45) is 6.08. The van der Waals surface area contributed by atoms with E-state index in [1.807, 2.05) is 6.07 Å². The molecule has 25 heavy (non-hydrogen) atoms. The van der Waals surface area contributed by atoms with Gasteiger partial charge >= 0.3 is 0 Å². The van der Waals surface area contributed by atoms with Gasteiger partial charge in [0.1, 0.15) is 0 Å². The molecule has 3 heterocycles. The average Bonchev–Trinajstić information content (AvgIpc) is 3.07. The van der Waals surface area contributed by atoms with Crippen molar-refractivity contribution < 1.29 is 14.2 Å². The van der Waals surface area contributed by atoms with Gasteiger partial charge in [-0.25, -0.2) is 0 Å². The highest BCUT2D eigenvalue weighted by Crippen LogP contribution is 2.37. The molecule has 0 saturated carbocycles. The molecule has 3 saturated heterocycles. The van der Waals surface area contributed by atoms with Gasteiger partial charge in [0.05, 0.1) is 24.9 Å². The molecule has 1 atom stereocenters. The zero-order valence-corrected chi connectivity index (χ0v) is 15.2. The van der Waals surface area contributed by atoms with Gasteiger partial charge in [0.25, 0.3) is 0 Å². The van der Waals surface area contributed by atoms with Gasteiger partial charge < -0.3 is 19.1 Å². The van der Waals surface area contributed by atoms with Gasteiger partial charge in [-0.05, 0) is 37.2 Å². The van der Waals surface area contributed by atoms with Crippen LogP contribution in [0, 0.1) is 5.92 Å². The van der Waals surface area contributed by atoms with Crippen molar-refractivity contribution in [1.82, 2.24) is 4.90 Å². The minimum absolute atomic E-state index is 0.0769. The summed E-state index contributed by atoms with van der Waals surface area (Å²) in [6, 6.07) is 10.4. The number of rotatable bonds is 5. The normalized spacial score (nSPS) is 27.8. The van der Waals surface area contributed by atoms with Gasteiger partial charge in [-0.3, -0.25) is 0 Å². The van der Waals surface area contributed by atoms with E-state index in [1.165, 1.54) is 38.0 Å². The lowest BCUT2D eigenvalue weighted by atomic mass is 9.87. The standard InChI is InChI=1S/C21H31NO3/c1-2-4-19(5-3-1)16-24-20-14-21(25-17-20)8-10-22(11-9-21)15-18-6-12-23-13-7-18/h1-5,18,20H,6-17H2. The quantitative estimate of drug-likeness (QED) is 0.820. The molecule has 0 aromatic heterocycles. The second-order valence-electron chi connectivity index (χ2n) is 7.97. The van der Waals surface area contributed by atoms with Crippen LogP contribution in [0.3, 0.4) is 0 Å². The van der Waals surface area contributed by atoms with Crippen molar-refractivity contribution in [3.63, 3.8) is 0 Å². The third kappa shape index (κ3) is 4.62. The first-order chi connectivity index (χ1) is 12.3. The summed E-state index contributed by atoms with van der Waals surface area (Å²) in [5, 5.41) is 0. The number of ether oxygens (including phenoxy) is 3. The average molecular weight is 345 g/mol. The van der Waals surface area contributed by atoms with Crippen molar-refractivity contribution in [2.75, 3.05) is 39.5 Å². The molecule has 3 fully saturated rings. The number of nitrogens with zero attached hydrogens (tertiary/aromatic N) is 1. The van der Waals surface area contributed by atoms with Crippen LogP contribution in [0.4, 0.5) is 0 Å². The summed E-state index contributed by atoms with van der Waals surface area (Å²) in [6.45, 7) is 6.94. The van der Waals surface area contributed by atoms with E-state index in [4.69, 9.17) is 14.2 Å². The van der Waals surface area contributed by atoms with Crippen molar-refractivity contribution in [3.8, 4) is 0 Å². The number of piperidine rings is 1. The number of likely N-dealkylation sites (tertiary alicyclic amines) is 1. The van der Waals surface area contributed by atoms with Crippen LogP contribution in [0.2, 0.25) is 0 Å². The summed E-state index contributed by atoms with van der Waals surface area (Å²) in [5.74, 6) is 0.828. The smallest absolute Gasteiger partial charge is 0.0840 e. The fourth-order valence-corrected chi connectivity index (χ4v) is 4.48. The Morgan fingerprint density at radius 2 is 1.84 bits per heavy atom. The first kappa shape index (κ1) is 17.5. The van der Waals surface area contributed by atoms with Crippen molar-refractivity contribution >= 4 is 0 Å². The Morgan fingerprint density at radius 3 is 2.60 bits per heavy atom. The van der Waals surface area contributed by atoms with Crippen LogP contribution in [0.15, 0.2) is 30.3 Å². The first-order valence-corrected chi connectivity index (χ1v) is 9.91. The van der Waals surface area contributed by atoms with E-state index in [0.717, 1.165) is 45.0 Å². The summed E-state index contributed by atoms with van der Waals surface area (Å²) in [5.41, 5.74) is 1.32. The summed E-state index contributed by atoms with van der Waals surface area (Å²) in [7, 11) is 0. The fourth-order valence-electron chi connectivity index (χ4n) is 4.48. The minimum atomic E-state index is 0.0769. The van der Waals surface area contributed by atoms with Crippen molar-refractivity contribution in [3.05, 3.63) is 35.9 Å². The number of hydrogen-bond acceptors (Lipinski definition) is 4. The molecule has 0 N–H and O–H groups in total. The van der Waals surface area contributed by atoms with Crippen LogP contribution in [0.5, 0.6) is 0 Å². The van der Waals surface area contributed by atoms with Gasteiger partial charge in [0.2, 0.25) is 0 Å². The Balaban J connectivity index is 1.20. The van der Waals surface area contributed by atoms with E-state index in [-0.39, 0.29) is 11.7 Å². The Kier molecular flexibility index (Phi) is 5.71. The SMILES string of the molecule is c1ccc(COC2COC3(CCN(CC4CCOCC4)CC3)C2)cc1. The van der Waals surface area contributed by atoms with Gasteiger partial charge in [0.15, 0.2) is 0 Å². The predicted octanol–water partition coefficient (Wildman–Crippen LogP) is 3.25. The molecule has 3 aliphatic heterocycles. The van der Waals surface area contributed by atoms with Gasteiger partial charge in [-0.2, -0.15) is 0 Å². The number of hydrogen-bond donors (Lipinski definition) is 0. The zero-order valence-electron chi connectivity index (χ0n) is 15.2. The summed E-state index contributed by atoms with van der Waals surface area (Å²) in [4.78, 5) is 2.64. The van der Waals surface area contributed by atoms with Crippen LogP contribution < -0.4 is 0 Å². The van der Waals surface area contributed by atoms with Crippen molar-refractivity contribution in [2.24, 2.45) is 5.92 Å². The van der Waals surface area contributed by atoms with E-state index in [9.17, 15) is 0 Å². The predicted molar refractivity (Wildman–Crippen MR) is 97.5 cm³/mol. The topological polar surface area (TPSA) is 30.9 Å². The van der Waals surface area contributed by atoms with Gasteiger partial charge in [-0.1, -0.05) is 30.3 Å². The highest BCUT2D eigenvalue weighted by atomic mass is 16.6. The Morgan fingerprint density at radius 1 is 1.08 bits per heavy atom. The van der Waals surface area contributed by atoms with E-state index in [0.29, 0.717) is 6.61 Å². The molecule has 4 rings (SSSR count). The lowest BCUT2D eigenvalue weighted by Gasteiger charge is -2.40. The summed E-state index contributed by atoms with van der Waals surface area (Å²) >= 11 is 0. The molecule has 0 radical (unpaired) electrons. The maximum atomic E-state index is 6.25. The molecule has 0 amide bonds. The molecule has 1 spiro atoms. The molecule has 1 aromatic rings. The van der Waals surface area contributed by atoms with Crippen LogP contribution in [0.25, 0.3) is 0 Å². The van der Waals surface area contributed by atoms with Crippen LogP contribution in [-0.4, -0.2) is 56.1 Å². The molecule has 4 nitrogen and oxygen atoms in total. The van der Waals surface area contributed by atoms with Crippen LogP contribution in [0.1, 0.15) is 37.7 Å². The molecule has 0 bridgehead atoms.